The van der Waals surface area contributed by atoms with Crippen LogP contribution in [0.4, 0.5) is 0 Å². The van der Waals surface area contributed by atoms with Gasteiger partial charge in [-0.15, -0.1) is 0 Å². The fourth-order valence-electron chi connectivity index (χ4n) is 1.83. The Hall–Kier alpha value is -2.36. The molecule has 0 unspecified atom stereocenters. The lowest BCUT2D eigenvalue weighted by Crippen LogP contribution is -2.00. The van der Waals surface area contributed by atoms with Gasteiger partial charge in [-0.1, -0.05) is 18.2 Å². The molecular weight excluding hydrogens is 216 g/mol. The lowest BCUT2D eigenvalue weighted by molar-refractivity contribution is -0.126. The van der Waals surface area contributed by atoms with Gasteiger partial charge in [-0.05, 0) is 19.1 Å². The first-order valence-electron chi connectivity index (χ1n) is 5.29. The highest BCUT2D eigenvalue weighted by Crippen LogP contribution is 2.34. The highest BCUT2D eigenvalue weighted by molar-refractivity contribution is 6.25. The summed E-state index contributed by atoms with van der Waals surface area (Å²) >= 11 is 0. The van der Waals surface area contributed by atoms with Gasteiger partial charge < -0.3 is 9.72 Å². The maximum Gasteiger partial charge on any atom is 0.344 e. The zero-order chi connectivity index (χ0) is 11.8. The second-order valence-electron chi connectivity index (χ2n) is 3.86. The Balaban J connectivity index is 2.13. The number of fused-ring (bicyclic) bond motifs is 1. The quantitative estimate of drug-likeness (QED) is 0.460. The molecular formula is C13H10N2O2. The average molecular weight is 226 g/mol. The molecule has 1 aromatic heterocycles. The van der Waals surface area contributed by atoms with Crippen molar-refractivity contribution in [2.45, 2.75) is 6.92 Å². The number of aromatic amines is 1. The van der Waals surface area contributed by atoms with Crippen molar-refractivity contribution in [2.24, 2.45) is 0 Å². The lowest BCUT2D eigenvalue weighted by atomic mass is 10.1. The van der Waals surface area contributed by atoms with Crippen molar-refractivity contribution in [3.8, 4) is 5.75 Å². The number of esters is 1. The molecule has 1 aromatic carbocycles. The molecule has 84 valence electrons. The number of carbonyl (C=O) groups is 1. The van der Waals surface area contributed by atoms with Crippen LogP contribution in [0.25, 0.3) is 11.6 Å². The zero-order valence-electron chi connectivity index (χ0n) is 9.23. The van der Waals surface area contributed by atoms with Crippen molar-refractivity contribution in [1.29, 1.82) is 0 Å². The minimum atomic E-state index is -0.325. The van der Waals surface area contributed by atoms with Gasteiger partial charge in [0.1, 0.15) is 5.75 Å². The highest BCUT2D eigenvalue weighted by atomic mass is 16.5. The number of aryl methyl sites for hydroxylation is 1. The Kier molecular flexibility index (Phi) is 2.08. The fraction of sp³-hybridized carbons (Fsp3) is 0.0769. The van der Waals surface area contributed by atoms with E-state index in [4.69, 9.17) is 4.74 Å². The minimum Gasteiger partial charge on any atom is -0.422 e. The van der Waals surface area contributed by atoms with Crippen LogP contribution >= 0.6 is 0 Å². The number of hydrogen-bond donors (Lipinski definition) is 1. The van der Waals surface area contributed by atoms with Crippen LogP contribution in [-0.2, 0) is 4.79 Å². The molecule has 0 spiro atoms. The van der Waals surface area contributed by atoms with Crippen LogP contribution in [0.1, 0.15) is 17.0 Å². The standard InChI is InChI=1S/C13H10N2O2/c1-8-11(15-7-14-8)6-10-9-4-2-3-5-12(9)17-13(10)16/h2-7H,1H3,(H,14,15). The van der Waals surface area contributed by atoms with Crippen LogP contribution in [0, 0.1) is 6.92 Å². The number of nitrogens with one attached hydrogen (secondary N) is 1. The molecule has 2 aromatic rings. The van der Waals surface area contributed by atoms with E-state index in [0.29, 0.717) is 11.3 Å². The van der Waals surface area contributed by atoms with E-state index in [0.717, 1.165) is 17.0 Å². The molecule has 17 heavy (non-hydrogen) atoms. The summed E-state index contributed by atoms with van der Waals surface area (Å²) in [5.41, 5.74) is 3.05. The smallest absolute Gasteiger partial charge is 0.344 e. The van der Waals surface area contributed by atoms with Crippen LogP contribution < -0.4 is 4.74 Å². The van der Waals surface area contributed by atoms with Gasteiger partial charge in [-0.3, -0.25) is 0 Å². The van der Waals surface area contributed by atoms with E-state index < -0.39 is 0 Å². The van der Waals surface area contributed by atoms with Gasteiger partial charge in [0.05, 0.1) is 17.6 Å². The van der Waals surface area contributed by atoms with Crippen molar-refractivity contribution >= 4 is 17.6 Å². The number of imidazole rings is 1. The SMILES string of the molecule is Cc1[nH]cnc1C=C1C(=O)Oc2ccccc21. The van der Waals surface area contributed by atoms with Crippen LogP contribution in [0.2, 0.25) is 0 Å². The molecule has 0 atom stereocenters. The summed E-state index contributed by atoms with van der Waals surface area (Å²) in [6.45, 7) is 1.91. The van der Waals surface area contributed by atoms with Gasteiger partial charge in [0, 0.05) is 11.3 Å². The molecule has 0 amide bonds. The van der Waals surface area contributed by atoms with Crippen molar-refractivity contribution in [3.63, 3.8) is 0 Å². The van der Waals surface area contributed by atoms with E-state index in [2.05, 4.69) is 9.97 Å². The molecule has 1 aliphatic rings. The summed E-state index contributed by atoms with van der Waals surface area (Å²) in [5.74, 6) is 0.283. The number of nitrogens with zero attached hydrogens (tertiary/aromatic N) is 1. The number of para-hydroxylation sites is 1. The Bertz CT molecular complexity index is 626. The van der Waals surface area contributed by atoms with Crippen molar-refractivity contribution < 1.29 is 9.53 Å². The van der Waals surface area contributed by atoms with Crippen molar-refractivity contribution in [3.05, 3.63) is 47.5 Å². The molecule has 0 aliphatic carbocycles. The molecule has 1 aliphatic heterocycles. The maximum absolute atomic E-state index is 11.7. The van der Waals surface area contributed by atoms with Gasteiger partial charge in [-0.25, -0.2) is 9.78 Å². The number of carbonyl (C=O) groups excluding carboxylic acids is 1. The predicted molar refractivity (Wildman–Crippen MR) is 63.3 cm³/mol. The largest absolute Gasteiger partial charge is 0.422 e. The molecule has 3 rings (SSSR count). The molecule has 0 radical (unpaired) electrons. The normalized spacial score (nSPS) is 16.1. The molecule has 2 heterocycles. The van der Waals surface area contributed by atoms with E-state index in [1.54, 1.807) is 18.5 Å². The Labute approximate surface area is 98.0 Å². The fourth-order valence-corrected chi connectivity index (χ4v) is 1.83. The van der Waals surface area contributed by atoms with E-state index in [1.807, 2.05) is 25.1 Å². The number of rotatable bonds is 1. The molecule has 0 bridgehead atoms. The predicted octanol–water partition coefficient (Wildman–Crippen LogP) is 2.18. The van der Waals surface area contributed by atoms with Gasteiger partial charge in [0.25, 0.3) is 0 Å². The molecule has 0 saturated carbocycles. The Morgan fingerprint density at radius 2 is 2.18 bits per heavy atom. The lowest BCUT2D eigenvalue weighted by Gasteiger charge is -1.94. The van der Waals surface area contributed by atoms with Gasteiger partial charge >= 0.3 is 5.97 Å². The second kappa shape index (κ2) is 3.59. The molecule has 4 heteroatoms. The third-order valence-corrected chi connectivity index (χ3v) is 2.75. The molecule has 0 fully saturated rings. The van der Waals surface area contributed by atoms with Gasteiger partial charge in [0.15, 0.2) is 0 Å². The molecule has 4 nitrogen and oxygen atoms in total. The van der Waals surface area contributed by atoms with Crippen LogP contribution in [0.5, 0.6) is 5.75 Å². The monoisotopic (exact) mass is 226 g/mol. The summed E-state index contributed by atoms with van der Waals surface area (Å²) in [6, 6.07) is 7.38. The zero-order valence-corrected chi connectivity index (χ0v) is 9.23. The number of H-pyrrole nitrogens is 1. The first-order valence-corrected chi connectivity index (χ1v) is 5.29. The summed E-state index contributed by atoms with van der Waals surface area (Å²) < 4.78 is 5.16. The number of ether oxygens (including phenoxy) is 1. The summed E-state index contributed by atoms with van der Waals surface area (Å²) in [6.07, 6.45) is 3.36. The molecule has 0 saturated heterocycles. The van der Waals surface area contributed by atoms with E-state index >= 15 is 0 Å². The van der Waals surface area contributed by atoms with Crippen molar-refractivity contribution in [1.82, 2.24) is 9.97 Å². The van der Waals surface area contributed by atoms with Gasteiger partial charge in [-0.2, -0.15) is 0 Å². The Morgan fingerprint density at radius 3 is 2.94 bits per heavy atom. The van der Waals surface area contributed by atoms with Crippen LogP contribution in [0.15, 0.2) is 30.6 Å². The maximum atomic E-state index is 11.7. The highest BCUT2D eigenvalue weighted by Gasteiger charge is 2.26. The summed E-state index contributed by atoms with van der Waals surface area (Å²) in [4.78, 5) is 18.9. The average Bonchev–Trinajstić information content (AvgIpc) is 2.85. The van der Waals surface area contributed by atoms with Crippen LogP contribution in [-0.4, -0.2) is 15.9 Å². The number of benzene rings is 1. The molecule has 1 N–H and O–H groups in total. The summed E-state index contributed by atoms with van der Waals surface area (Å²) in [5, 5.41) is 0. The Morgan fingerprint density at radius 1 is 1.35 bits per heavy atom. The van der Waals surface area contributed by atoms with E-state index in [-0.39, 0.29) is 5.97 Å². The topological polar surface area (TPSA) is 55.0 Å². The summed E-state index contributed by atoms with van der Waals surface area (Å²) in [7, 11) is 0. The minimum absolute atomic E-state index is 0.325. The number of hydrogen-bond acceptors (Lipinski definition) is 3. The van der Waals surface area contributed by atoms with Gasteiger partial charge in [0.2, 0.25) is 0 Å². The third-order valence-electron chi connectivity index (χ3n) is 2.75. The van der Waals surface area contributed by atoms with Crippen LogP contribution in [0.3, 0.4) is 0 Å². The number of aromatic nitrogens is 2. The van der Waals surface area contributed by atoms with E-state index in [1.165, 1.54) is 0 Å². The van der Waals surface area contributed by atoms with Crippen molar-refractivity contribution in [2.75, 3.05) is 0 Å². The third kappa shape index (κ3) is 1.54. The van der Waals surface area contributed by atoms with E-state index in [9.17, 15) is 4.79 Å². The second-order valence-corrected chi connectivity index (χ2v) is 3.86. The first kappa shape index (κ1) is 9.84. The first-order chi connectivity index (χ1) is 8.25.